The van der Waals surface area contributed by atoms with E-state index >= 15 is 0 Å². The van der Waals surface area contributed by atoms with Crippen LogP contribution in [-0.2, 0) is 4.79 Å². The Kier molecular flexibility index (Phi) is 5.17. The molecule has 0 aliphatic carbocycles. The summed E-state index contributed by atoms with van der Waals surface area (Å²) in [7, 11) is 0. The second-order valence-electron chi connectivity index (χ2n) is 4.46. The van der Waals surface area contributed by atoms with E-state index in [1.807, 2.05) is 6.92 Å². The van der Waals surface area contributed by atoms with Gasteiger partial charge in [0.05, 0.1) is 0 Å². The van der Waals surface area contributed by atoms with E-state index in [-0.39, 0.29) is 11.7 Å². The first-order chi connectivity index (χ1) is 10.1. The van der Waals surface area contributed by atoms with E-state index in [4.69, 9.17) is 16.3 Å². The highest BCUT2D eigenvalue weighted by Gasteiger charge is 2.18. The van der Waals surface area contributed by atoms with E-state index in [0.717, 1.165) is 0 Å². The lowest BCUT2D eigenvalue weighted by molar-refractivity contribution is -0.122. The molecule has 2 aromatic rings. The summed E-state index contributed by atoms with van der Waals surface area (Å²) in [5.41, 5.74) is 0.644. The Morgan fingerprint density at radius 1 is 1.19 bits per heavy atom. The Morgan fingerprint density at radius 3 is 2.38 bits per heavy atom. The molecule has 0 spiro atoms. The van der Waals surface area contributed by atoms with Crippen LogP contribution in [0.3, 0.4) is 0 Å². The van der Waals surface area contributed by atoms with Gasteiger partial charge in [-0.25, -0.2) is 4.39 Å². The minimum absolute atomic E-state index is 0.260. The number of nitrogens with one attached hydrogen (secondary N) is 1. The molecule has 0 heterocycles. The van der Waals surface area contributed by atoms with Gasteiger partial charge in [0.1, 0.15) is 11.6 Å². The number of hydrogen-bond acceptors (Lipinski definition) is 2. The fraction of sp³-hybridized carbons (Fsp3) is 0.188. The molecule has 2 rings (SSSR count). The van der Waals surface area contributed by atoms with Gasteiger partial charge in [-0.2, -0.15) is 0 Å². The predicted octanol–water partition coefficient (Wildman–Crippen LogP) is 4.28. The highest BCUT2D eigenvalue weighted by molar-refractivity contribution is 6.30. The minimum atomic E-state index is -0.647. The van der Waals surface area contributed by atoms with Gasteiger partial charge in [-0.05, 0) is 55.0 Å². The Labute approximate surface area is 127 Å². The fourth-order valence-corrected chi connectivity index (χ4v) is 1.88. The van der Waals surface area contributed by atoms with Crippen LogP contribution in [0.25, 0.3) is 0 Å². The van der Waals surface area contributed by atoms with Gasteiger partial charge in [0.15, 0.2) is 6.10 Å². The number of halogens is 2. The molecule has 0 aliphatic heterocycles. The summed E-state index contributed by atoms with van der Waals surface area (Å²) < 4.78 is 18.4. The number of hydrogen-bond donors (Lipinski definition) is 1. The molecule has 1 unspecified atom stereocenters. The molecule has 1 amide bonds. The van der Waals surface area contributed by atoms with Gasteiger partial charge in [0.25, 0.3) is 5.91 Å². The van der Waals surface area contributed by atoms with Crippen LogP contribution >= 0.6 is 11.6 Å². The highest BCUT2D eigenvalue weighted by atomic mass is 35.5. The molecule has 1 N–H and O–H groups in total. The smallest absolute Gasteiger partial charge is 0.265 e. The van der Waals surface area contributed by atoms with Crippen molar-refractivity contribution in [1.82, 2.24) is 0 Å². The van der Waals surface area contributed by atoms with Gasteiger partial charge in [-0.3, -0.25) is 4.79 Å². The summed E-state index contributed by atoms with van der Waals surface area (Å²) in [6, 6.07) is 12.4. The topological polar surface area (TPSA) is 38.3 Å². The number of ether oxygens (including phenoxy) is 1. The van der Waals surface area contributed by atoms with Gasteiger partial charge in [0, 0.05) is 10.7 Å². The first-order valence-corrected chi connectivity index (χ1v) is 6.95. The maximum atomic E-state index is 12.8. The molecule has 0 aromatic heterocycles. The molecule has 0 radical (unpaired) electrons. The van der Waals surface area contributed by atoms with Crippen LogP contribution in [-0.4, -0.2) is 12.0 Å². The molecule has 5 heteroatoms. The van der Waals surface area contributed by atoms with Crippen molar-refractivity contribution >= 4 is 23.2 Å². The van der Waals surface area contributed by atoms with Crippen LogP contribution < -0.4 is 10.1 Å². The van der Waals surface area contributed by atoms with E-state index in [1.54, 1.807) is 24.3 Å². The lowest BCUT2D eigenvalue weighted by atomic mass is 10.2. The molecule has 21 heavy (non-hydrogen) atoms. The monoisotopic (exact) mass is 307 g/mol. The molecule has 0 bridgehead atoms. The van der Waals surface area contributed by atoms with Crippen molar-refractivity contribution in [2.24, 2.45) is 0 Å². The number of rotatable bonds is 5. The summed E-state index contributed by atoms with van der Waals surface area (Å²) in [5.74, 6) is -0.153. The van der Waals surface area contributed by atoms with Crippen molar-refractivity contribution < 1.29 is 13.9 Å². The zero-order valence-electron chi connectivity index (χ0n) is 11.5. The third-order valence-corrected chi connectivity index (χ3v) is 3.12. The predicted molar refractivity (Wildman–Crippen MR) is 81.2 cm³/mol. The summed E-state index contributed by atoms with van der Waals surface area (Å²) in [5, 5.41) is 3.35. The zero-order valence-corrected chi connectivity index (χ0v) is 12.2. The lowest BCUT2D eigenvalue weighted by Gasteiger charge is -2.17. The van der Waals surface area contributed by atoms with E-state index in [2.05, 4.69) is 5.32 Å². The average molecular weight is 308 g/mol. The average Bonchev–Trinajstić information content (AvgIpc) is 2.49. The van der Waals surface area contributed by atoms with Crippen molar-refractivity contribution in [3.8, 4) is 5.75 Å². The van der Waals surface area contributed by atoms with Crippen molar-refractivity contribution in [2.75, 3.05) is 5.32 Å². The summed E-state index contributed by atoms with van der Waals surface area (Å²) in [6.45, 7) is 1.84. The fourth-order valence-electron chi connectivity index (χ4n) is 1.76. The maximum Gasteiger partial charge on any atom is 0.265 e. The molecule has 0 fully saturated rings. The van der Waals surface area contributed by atoms with Gasteiger partial charge >= 0.3 is 0 Å². The van der Waals surface area contributed by atoms with E-state index < -0.39 is 6.10 Å². The molecule has 3 nitrogen and oxygen atoms in total. The standard InChI is InChI=1S/C16H15ClFNO2/c1-2-15(21-14-9-5-12(18)6-10-14)16(20)19-13-7-3-11(17)4-8-13/h3-10,15H,2H2,1H3,(H,19,20). The molecule has 0 saturated heterocycles. The Morgan fingerprint density at radius 2 is 1.81 bits per heavy atom. The Hall–Kier alpha value is -2.07. The Bertz CT molecular complexity index is 599. The third kappa shape index (κ3) is 4.46. The summed E-state index contributed by atoms with van der Waals surface area (Å²) in [6.07, 6.45) is -0.150. The van der Waals surface area contributed by atoms with Crippen LogP contribution in [0.2, 0.25) is 5.02 Å². The minimum Gasteiger partial charge on any atom is -0.481 e. The van der Waals surface area contributed by atoms with Gasteiger partial charge < -0.3 is 10.1 Å². The van der Waals surface area contributed by atoms with Crippen molar-refractivity contribution in [3.63, 3.8) is 0 Å². The van der Waals surface area contributed by atoms with Crippen molar-refractivity contribution in [1.29, 1.82) is 0 Å². The lowest BCUT2D eigenvalue weighted by Crippen LogP contribution is -2.32. The van der Waals surface area contributed by atoms with Crippen LogP contribution in [0.15, 0.2) is 48.5 Å². The van der Waals surface area contributed by atoms with Gasteiger partial charge in [-0.1, -0.05) is 18.5 Å². The van der Waals surface area contributed by atoms with Crippen molar-refractivity contribution in [3.05, 3.63) is 59.4 Å². The molecule has 1 atom stereocenters. The number of carbonyl (C=O) groups excluding carboxylic acids is 1. The number of benzene rings is 2. The Balaban J connectivity index is 2.01. The first-order valence-electron chi connectivity index (χ1n) is 6.57. The molecular formula is C16H15ClFNO2. The van der Waals surface area contributed by atoms with E-state index in [1.165, 1.54) is 24.3 Å². The molecule has 2 aromatic carbocycles. The zero-order chi connectivity index (χ0) is 15.2. The van der Waals surface area contributed by atoms with Gasteiger partial charge in [0.2, 0.25) is 0 Å². The largest absolute Gasteiger partial charge is 0.481 e. The third-order valence-electron chi connectivity index (χ3n) is 2.87. The summed E-state index contributed by atoms with van der Waals surface area (Å²) >= 11 is 5.79. The molecule has 0 saturated carbocycles. The van der Waals surface area contributed by atoms with Gasteiger partial charge in [-0.15, -0.1) is 0 Å². The van der Waals surface area contributed by atoms with Crippen molar-refractivity contribution in [2.45, 2.75) is 19.4 Å². The van der Waals surface area contributed by atoms with Crippen LogP contribution in [0.1, 0.15) is 13.3 Å². The van der Waals surface area contributed by atoms with E-state index in [9.17, 15) is 9.18 Å². The summed E-state index contributed by atoms with van der Waals surface area (Å²) in [4.78, 5) is 12.2. The molecule has 0 aliphatic rings. The highest BCUT2D eigenvalue weighted by Crippen LogP contribution is 2.17. The van der Waals surface area contributed by atoms with Crippen LogP contribution in [0.5, 0.6) is 5.75 Å². The number of anilines is 1. The molecule has 110 valence electrons. The van der Waals surface area contributed by atoms with E-state index in [0.29, 0.717) is 22.9 Å². The second-order valence-corrected chi connectivity index (χ2v) is 4.90. The van der Waals surface area contributed by atoms with Crippen LogP contribution in [0, 0.1) is 5.82 Å². The number of carbonyl (C=O) groups is 1. The SMILES string of the molecule is CCC(Oc1ccc(F)cc1)C(=O)Nc1ccc(Cl)cc1. The number of amides is 1. The maximum absolute atomic E-state index is 12.8. The first kappa shape index (κ1) is 15.3. The second kappa shape index (κ2) is 7.09. The normalized spacial score (nSPS) is 11.8. The quantitative estimate of drug-likeness (QED) is 0.895. The van der Waals surface area contributed by atoms with Crippen LogP contribution in [0.4, 0.5) is 10.1 Å². The molecular weight excluding hydrogens is 293 g/mol.